The fourth-order valence-electron chi connectivity index (χ4n) is 2.03. The van der Waals surface area contributed by atoms with Crippen molar-refractivity contribution in [1.29, 1.82) is 0 Å². The van der Waals surface area contributed by atoms with Crippen molar-refractivity contribution in [3.8, 4) is 16.9 Å². The molecule has 1 heterocycles. The zero-order valence-electron chi connectivity index (χ0n) is 10.00. The van der Waals surface area contributed by atoms with Crippen molar-refractivity contribution in [2.75, 3.05) is 7.11 Å². The lowest BCUT2D eigenvalue weighted by molar-refractivity contribution is 0.415. The molecule has 0 saturated carbocycles. The largest absolute Gasteiger partial charge is 0.497 e. The molecule has 3 nitrogen and oxygen atoms in total. The number of nitrogens with zero attached hydrogens (tertiary/aromatic N) is 2. The molecule has 3 rings (SSSR count). The predicted molar refractivity (Wildman–Crippen MR) is 71.5 cm³/mol. The van der Waals surface area contributed by atoms with E-state index in [0.717, 1.165) is 27.8 Å². The van der Waals surface area contributed by atoms with E-state index in [-0.39, 0.29) is 0 Å². The van der Waals surface area contributed by atoms with Crippen LogP contribution in [0.1, 0.15) is 0 Å². The highest BCUT2D eigenvalue weighted by Crippen LogP contribution is 2.28. The number of hydrogen-bond donors (Lipinski definition) is 0. The molecule has 88 valence electrons. The fraction of sp³-hybridized carbons (Fsp3) is 0.0667. The Morgan fingerprint density at radius 3 is 2.78 bits per heavy atom. The average Bonchev–Trinajstić information content (AvgIpc) is 2.47. The second-order valence-corrected chi connectivity index (χ2v) is 4.01. The lowest BCUT2D eigenvalue weighted by atomic mass is 10.0. The van der Waals surface area contributed by atoms with Crippen molar-refractivity contribution in [1.82, 2.24) is 10.2 Å². The number of rotatable bonds is 2. The van der Waals surface area contributed by atoms with Crippen LogP contribution in [0.3, 0.4) is 0 Å². The van der Waals surface area contributed by atoms with Gasteiger partial charge in [0.05, 0.1) is 18.8 Å². The van der Waals surface area contributed by atoms with Gasteiger partial charge < -0.3 is 4.74 Å². The summed E-state index contributed by atoms with van der Waals surface area (Å²) in [5, 5.41) is 9.28. The van der Waals surface area contributed by atoms with E-state index in [1.807, 2.05) is 42.5 Å². The fourth-order valence-corrected chi connectivity index (χ4v) is 2.03. The van der Waals surface area contributed by atoms with E-state index in [1.165, 1.54) is 0 Å². The molecule has 0 N–H and O–H groups in total. The van der Waals surface area contributed by atoms with Gasteiger partial charge in [0.1, 0.15) is 5.75 Å². The van der Waals surface area contributed by atoms with Crippen molar-refractivity contribution in [2.24, 2.45) is 0 Å². The average molecular weight is 236 g/mol. The maximum absolute atomic E-state index is 5.25. The molecule has 3 aromatic rings. The summed E-state index contributed by atoms with van der Waals surface area (Å²) < 4.78 is 5.25. The molecule has 0 fully saturated rings. The summed E-state index contributed by atoms with van der Waals surface area (Å²) in [6.45, 7) is 0. The molecule has 1 aromatic heterocycles. The van der Waals surface area contributed by atoms with Crippen LogP contribution in [-0.2, 0) is 0 Å². The first kappa shape index (κ1) is 10.7. The minimum Gasteiger partial charge on any atom is -0.497 e. The molecule has 0 aliphatic heterocycles. The van der Waals surface area contributed by atoms with Gasteiger partial charge >= 0.3 is 0 Å². The van der Waals surface area contributed by atoms with Gasteiger partial charge in [-0.05, 0) is 23.8 Å². The molecule has 0 aliphatic carbocycles. The highest BCUT2D eigenvalue weighted by Gasteiger charge is 2.05. The van der Waals surface area contributed by atoms with Crippen molar-refractivity contribution >= 4 is 10.9 Å². The van der Waals surface area contributed by atoms with Gasteiger partial charge in [0.25, 0.3) is 0 Å². The summed E-state index contributed by atoms with van der Waals surface area (Å²) in [6.07, 6.45) is 1.79. The Morgan fingerprint density at radius 1 is 1.00 bits per heavy atom. The minimum absolute atomic E-state index is 0.841. The Hall–Kier alpha value is -2.42. The molecule has 0 saturated heterocycles. The summed E-state index contributed by atoms with van der Waals surface area (Å²) in [5.41, 5.74) is 3.05. The monoisotopic (exact) mass is 236 g/mol. The third kappa shape index (κ3) is 1.80. The van der Waals surface area contributed by atoms with E-state index in [0.29, 0.717) is 0 Å². The summed E-state index contributed by atoms with van der Waals surface area (Å²) in [4.78, 5) is 0. The first-order valence-corrected chi connectivity index (χ1v) is 5.73. The van der Waals surface area contributed by atoms with Gasteiger partial charge in [0.15, 0.2) is 0 Å². The second kappa shape index (κ2) is 4.45. The van der Waals surface area contributed by atoms with E-state index in [9.17, 15) is 0 Å². The Labute approximate surface area is 105 Å². The Morgan fingerprint density at radius 2 is 1.89 bits per heavy atom. The van der Waals surface area contributed by atoms with E-state index < -0.39 is 0 Å². The van der Waals surface area contributed by atoms with Crippen LogP contribution < -0.4 is 4.74 Å². The van der Waals surface area contributed by atoms with Gasteiger partial charge in [0, 0.05) is 10.9 Å². The van der Waals surface area contributed by atoms with Crippen LogP contribution >= 0.6 is 0 Å². The SMILES string of the molecule is COc1cccc(-c2cnnc3ccccc23)c1. The third-order valence-corrected chi connectivity index (χ3v) is 2.93. The molecule has 0 amide bonds. The van der Waals surface area contributed by atoms with Crippen LogP contribution in [0.15, 0.2) is 54.7 Å². The lowest BCUT2D eigenvalue weighted by Gasteiger charge is -2.06. The molecule has 0 unspecified atom stereocenters. The Balaban J connectivity index is 2.24. The summed E-state index contributed by atoms with van der Waals surface area (Å²) in [6, 6.07) is 15.9. The van der Waals surface area contributed by atoms with Gasteiger partial charge in [-0.15, -0.1) is 0 Å². The van der Waals surface area contributed by atoms with Gasteiger partial charge in [-0.25, -0.2) is 0 Å². The first-order chi connectivity index (χ1) is 8.88. The van der Waals surface area contributed by atoms with Crippen LogP contribution in [0.2, 0.25) is 0 Å². The zero-order chi connectivity index (χ0) is 12.4. The number of ether oxygens (including phenoxy) is 1. The van der Waals surface area contributed by atoms with Crippen LogP contribution in [0, 0.1) is 0 Å². The molecular formula is C15H12N2O. The molecule has 0 bridgehead atoms. The highest BCUT2D eigenvalue weighted by atomic mass is 16.5. The summed E-state index contributed by atoms with van der Waals surface area (Å²) in [5.74, 6) is 0.841. The van der Waals surface area contributed by atoms with E-state index in [2.05, 4.69) is 16.3 Å². The van der Waals surface area contributed by atoms with E-state index in [1.54, 1.807) is 13.3 Å². The zero-order valence-corrected chi connectivity index (χ0v) is 10.00. The van der Waals surface area contributed by atoms with Crippen LogP contribution in [0.25, 0.3) is 22.0 Å². The standard InChI is InChI=1S/C15H12N2O/c1-18-12-6-4-5-11(9-12)14-10-16-17-15-8-3-2-7-13(14)15/h2-10H,1H3. The van der Waals surface area contributed by atoms with Gasteiger partial charge in [0.2, 0.25) is 0 Å². The molecule has 0 aliphatic rings. The molecule has 3 heteroatoms. The predicted octanol–water partition coefficient (Wildman–Crippen LogP) is 3.31. The minimum atomic E-state index is 0.841. The maximum atomic E-state index is 5.25. The summed E-state index contributed by atoms with van der Waals surface area (Å²) >= 11 is 0. The number of fused-ring (bicyclic) bond motifs is 1. The lowest BCUT2D eigenvalue weighted by Crippen LogP contribution is -1.89. The quantitative estimate of drug-likeness (QED) is 0.684. The van der Waals surface area contributed by atoms with Crippen LogP contribution in [-0.4, -0.2) is 17.3 Å². The highest BCUT2D eigenvalue weighted by molar-refractivity contribution is 5.93. The maximum Gasteiger partial charge on any atom is 0.119 e. The van der Waals surface area contributed by atoms with Gasteiger partial charge in [-0.2, -0.15) is 10.2 Å². The topological polar surface area (TPSA) is 35.0 Å². The number of benzene rings is 2. The smallest absolute Gasteiger partial charge is 0.119 e. The summed E-state index contributed by atoms with van der Waals surface area (Å²) in [7, 11) is 1.67. The van der Waals surface area contributed by atoms with E-state index >= 15 is 0 Å². The molecule has 18 heavy (non-hydrogen) atoms. The molecular weight excluding hydrogens is 224 g/mol. The van der Waals surface area contributed by atoms with Gasteiger partial charge in [-0.1, -0.05) is 30.3 Å². The number of methoxy groups -OCH3 is 1. The number of hydrogen-bond acceptors (Lipinski definition) is 3. The molecule has 2 aromatic carbocycles. The number of aromatic nitrogens is 2. The Bertz CT molecular complexity index is 689. The van der Waals surface area contributed by atoms with E-state index in [4.69, 9.17) is 4.74 Å². The normalized spacial score (nSPS) is 10.5. The van der Waals surface area contributed by atoms with Crippen molar-refractivity contribution < 1.29 is 4.74 Å². The first-order valence-electron chi connectivity index (χ1n) is 5.73. The van der Waals surface area contributed by atoms with Crippen molar-refractivity contribution in [2.45, 2.75) is 0 Å². The third-order valence-electron chi connectivity index (χ3n) is 2.93. The second-order valence-electron chi connectivity index (χ2n) is 4.01. The van der Waals surface area contributed by atoms with Crippen LogP contribution in [0.5, 0.6) is 5.75 Å². The van der Waals surface area contributed by atoms with Crippen molar-refractivity contribution in [3.05, 3.63) is 54.7 Å². The molecule has 0 spiro atoms. The van der Waals surface area contributed by atoms with Crippen molar-refractivity contribution in [3.63, 3.8) is 0 Å². The Kier molecular flexibility index (Phi) is 2.65. The van der Waals surface area contributed by atoms with Gasteiger partial charge in [-0.3, -0.25) is 0 Å². The molecule has 0 radical (unpaired) electrons. The molecule has 0 atom stereocenters. The van der Waals surface area contributed by atoms with Crippen LogP contribution in [0.4, 0.5) is 0 Å².